The van der Waals surface area contributed by atoms with Gasteiger partial charge in [-0.1, -0.05) is 40.5 Å². The van der Waals surface area contributed by atoms with Crippen molar-refractivity contribution >= 4 is 27.5 Å². The van der Waals surface area contributed by atoms with Crippen molar-refractivity contribution in [3.05, 3.63) is 51.2 Å². The summed E-state index contributed by atoms with van der Waals surface area (Å²) < 4.78 is 2.85. The Morgan fingerprint density at radius 2 is 2.32 bits per heavy atom. The van der Waals surface area contributed by atoms with Gasteiger partial charge in [-0.25, -0.2) is 5.43 Å². The third-order valence-electron chi connectivity index (χ3n) is 2.88. The van der Waals surface area contributed by atoms with Crippen LogP contribution in [0.5, 0.6) is 0 Å². The van der Waals surface area contributed by atoms with Gasteiger partial charge in [0.05, 0.1) is 12.2 Å². The molecule has 0 radical (unpaired) electrons. The van der Waals surface area contributed by atoms with Crippen LogP contribution in [0.25, 0.3) is 0 Å². The SMILES string of the molecule is CCCn1cc(C(NN)c2ccc(Br)cc2Cl)cn1. The Labute approximate surface area is 126 Å². The summed E-state index contributed by atoms with van der Waals surface area (Å²) in [5.74, 6) is 5.67. The largest absolute Gasteiger partial charge is 0.272 e. The number of nitrogens with zero attached hydrogens (tertiary/aromatic N) is 2. The van der Waals surface area contributed by atoms with E-state index in [0.717, 1.165) is 28.6 Å². The molecule has 6 heteroatoms. The second kappa shape index (κ2) is 6.52. The van der Waals surface area contributed by atoms with Crippen molar-refractivity contribution in [1.82, 2.24) is 15.2 Å². The summed E-state index contributed by atoms with van der Waals surface area (Å²) >= 11 is 9.66. The number of aryl methyl sites for hydroxylation is 1. The number of hydrogen-bond acceptors (Lipinski definition) is 3. The van der Waals surface area contributed by atoms with Gasteiger partial charge in [0.15, 0.2) is 0 Å². The first-order valence-electron chi connectivity index (χ1n) is 6.09. The molecule has 1 heterocycles. The van der Waals surface area contributed by atoms with Crippen LogP contribution in [0, 0.1) is 0 Å². The fraction of sp³-hybridized carbons (Fsp3) is 0.308. The summed E-state index contributed by atoms with van der Waals surface area (Å²) in [5, 5.41) is 4.98. The van der Waals surface area contributed by atoms with Gasteiger partial charge in [-0.05, 0) is 24.1 Å². The molecule has 19 heavy (non-hydrogen) atoms. The van der Waals surface area contributed by atoms with Gasteiger partial charge < -0.3 is 0 Å². The van der Waals surface area contributed by atoms with Crippen molar-refractivity contribution in [1.29, 1.82) is 0 Å². The van der Waals surface area contributed by atoms with Crippen LogP contribution in [-0.2, 0) is 6.54 Å². The highest BCUT2D eigenvalue weighted by molar-refractivity contribution is 9.10. The van der Waals surface area contributed by atoms with E-state index < -0.39 is 0 Å². The molecule has 2 rings (SSSR count). The molecule has 1 aromatic carbocycles. The Balaban J connectivity index is 2.32. The molecule has 1 aromatic heterocycles. The number of halogens is 2. The summed E-state index contributed by atoms with van der Waals surface area (Å²) in [6.45, 7) is 3.01. The Morgan fingerprint density at radius 3 is 2.95 bits per heavy atom. The van der Waals surface area contributed by atoms with Crippen LogP contribution in [0.3, 0.4) is 0 Å². The molecule has 3 N–H and O–H groups in total. The third kappa shape index (κ3) is 3.36. The second-order valence-electron chi connectivity index (χ2n) is 4.30. The lowest BCUT2D eigenvalue weighted by atomic mass is 10.0. The van der Waals surface area contributed by atoms with Gasteiger partial charge in [0.2, 0.25) is 0 Å². The normalized spacial score (nSPS) is 12.6. The molecule has 0 aliphatic heterocycles. The minimum absolute atomic E-state index is 0.161. The molecule has 2 aromatic rings. The molecule has 0 fully saturated rings. The molecule has 102 valence electrons. The lowest BCUT2D eigenvalue weighted by Crippen LogP contribution is -2.28. The van der Waals surface area contributed by atoms with Crippen molar-refractivity contribution in [3.63, 3.8) is 0 Å². The van der Waals surface area contributed by atoms with Crippen LogP contribution in [0.2, 0.25) is 5.02 Å². The number of rotatable bonds is 5. The predicted octanol–water partition coefficient (Wildman–Crippen LogP) is 3.26. The Morgan fingerprint density at radius 1 is 1.53 bits per heavy atom. The lowest BCUT2D eigenvalue weighted by molar-refractivity contribution is 0.598. The molecule has 0 amide bonds. The van der Waals surface area contributed by atoms with E-state index in [1.165, 1.54) is 0 Å². The molecule has 0 bridgehead atoms. The minimum Gasteiger partial charge on any atom is -0.272 e. The van der Waals surface area contributed by atoms with Crippen LogP contribution < -0.4 is 11.3 Å². The predicted molar refractivity (Wildman–Crippen MR) is 80.8 cm³/mol. The summed E-state index contributed by atoms with van der Waals surface area (Å²) in [7, 11) is 0. The molecule has 4 nitrogen and oxygen atoms in total. The third-order valence-corrected chi connectivity index (χ3v) is 3.70. The zero-order valence-corrected chi connectivity index (χ0v) is 12.9. The number of nitrogens with two attached hydrogens (primary N) is 1. The topological polar surface area (TPSA) is 55.9 Å². The van der Waals surface area contributed by atoms with Crippen LogP contribution in [0.4, 0.5) is 0 Å². The van der Waals surface area contributed by atoms with E-state index in [1.807, 2.05) is 35.3 Å². The summed E-state index contributed by atoms with van der Waals surface area (Å²) in [6.07, 6.45) is 4.85. The molecule has 0 spiro atoms. The first-order chi connectivity index (χ1) is 9.15. The Kier molecular flexibility index (Phi) is 4.99. The van der Waals surface area contributed by atoms with Gasteiger partial charge in [0, 0.05) is 27.8 Å². The second-order valence-corrected chi connectivity index (χ2v) is 5.63. The molecular weight excluding hydrogens is 328 g/mol. The molecule has 0 saturated carbocycles. The maximum absolute atomic E-state index is 6.27. The van der Waals surface area contributed by atoms with Crippen LogP contribution >= 0.6 is 27.5 Å². The van der Waals surface area contributed by atoms with Crippen LogP contribution in [0.15, 0.2) is 35.1 Å². The van der Waals surface area contributed by atoms with Crippen molar-refractivity contribution in [3.8, 4) is 0 Å². The molecule has 0 saturated heterocycles. The highest BCUT2D eigenvalue weighted by atomic mass is 79.9. The van der Waals surface area contributed by atoms with E-state index >= 15 is 0 Å². The molecule has 0 aliphatic rings. The summed E-state index contributed by atoms with van der Waals surface area (Å²) in [4.78, 5) is 0. The van der Waals surface area contributed by atoms with E-state index in [1.54, 1.807) is 0 Å². The highest BCUT2D eigenvalue weighted by Gasteiger charge is 2.17. The van der Waals surface area contributed by atoms with Gasteiger partial charge in [0.1, 0.15) is 0 Å². The quantitative estimate of drug-likeness (QED) is 0.647. The number of hydrazine groups is 1. The van der Waals surface area contributed by atoms with E-state index in [2.05, 4.69) is 33.4 Å². The van der Waals surface area contributed by atoms with Gasteiger partial charge in [-0.2, -0.15) is 5.10 Å². The number of hydrogen-bond donors (Lipinski definition) is 2. The van der Waals surface area contributed by atoms with Crippen LogP contribution in [-0.4, -0.2) is 9.78 Å². The van der Waals surface area contributed by atoms with Crippen molar-refractivity contribution < 1.29 is 0 Å². The van der Waals surface area contributed by atoms with Gasteiger partial charge in [-0.15, -0.1) is 0 Å². The first-order valence-corrected chi connectivity index (χ1v) is 7.26. The monoisotopic (exact) mass is 342 g/mol. The van der Waals surface area contributed by atoms with E-state index in [4.69, 9.17) is 17.4 Å². The van der Waals surface area contributed by atoms with E-state index in [9.17, 15) is 0 Å². The number of aromatic nitrogens is 2. The van der Waals surface area contributed by atoms with Gasteiger partial charge in [-0.3, -0.25) is 10.5 Å². The lowest BCUT2D eigenvalue weighted by Gasteiger charge is -2.16. The average molecular weight is 344 g/mol. The fourth-order valence-electron chi connectivity index (χ4n) is 1.98. The van der Waals surface area contributed by atoms with Gasteiger partial charge >= 0.3 is 0 Å². The van der Waals surface area contributed by atoms with Crippen LogP contribution in [0.1, 0.15) is 30.5 Å². The zero-order valence-electron chi connectivity index (χ0n) is 10.6. The molecule has 0 aliphatic carbocycles. The number of nitrogens with one attached hydrogen (secondary N) is 1. The smallest absolute Gasteiger partial charge is 0.0755 e. The number of benzene rings is 1. The summed E-state index contributed by atoms with van der Waals surface area (Å²) in [5.41, 5.74) is 4.73. The molecule has 1 unspecified atom stereocenters. The maximum Gasteiger partial charge on any atom is 0.0755 e. The molecular formula is C13H16BrClN4. The minimum atomic E-state index is -0.161. The highest BCUT2D eigenvalue weighted by Crippen LogP contribution is 2.29. The Hall–Kier alpha value is -0.880. The zero-order chi connectivity index (χ0) is 13.8. The standard InChI is InChI=1S/C13H16BrClN4/c1-2-5-19-8-9(7-17-19)13(18-16)11-4-3-10(14)6-12(11)15/h3-4,6-8,13,18H,2,5,16H2,1H3. The maximum atomic E-state index is 6.27. The van der Waals surface area contributed by atoms with Crippen molar-refractivity contribution in [2.75, 3.05) is 0 Å². The summed E-state index contributed by atoms with van der Waals surface area (Å²) in [6, 6.07) is 5.60. The van der Waals surface area contributed by atoms with E-state index in [-0.39, 0.29) is 6.04 Å². The van der Waals surface area contributed by atoms with Gasteiger partial charge in [0.25, 0.3) is 0 Å². The first kappa shape index (κ1) is 14.5. The molecule has 1 atom stereocenters. The Bertz CT molecular complexity index is 555. The fourth-order valence-corrected chi connectivity index (χ4v) is 2.76. The van der Waals surface area contributed by atoms with E-state index in [0.29, 0.717) is 5.02 Å². The van der Waals surface area contributed by atoms with Crippen molar-refractivity contribution in [2.45, 2.75) is 25.9 Å². The van der Waals surface area contributed by atoms with Crippen molar-refractivity contribution in [2.24, 2.45) is 5.84 Å². The average Bonchev–Trinajstić information content (AvgIpc) is 2.82.